The molecule has 0 bridgehead atoms. The normalized spacial score (nSPS) is 16.7. The maximum atomic E-state index is 5.57. The van der Waals surface area contributed by atoms with Gasteiger partial charge in [-0.15, -0.1) is 0 Å². The smallest absolute Gasteiger partial charge is 0.218 e. The summed E-state index contributed by atoms with van der Waals surface area (Å²) in [5.41, 5.74) is 1.03. The molecule has 5 heteroatoms. The van der Waals surface area contributed by atoms with Gasteiger partial charge >= 0.3 is 0 Å². The number of guanidine groups is 1. The lowest BCUT2D eigenvalue weighted by atomic mass is 10.00. The molecule has 0 saturated carbocycles. The van der Waals surface area contributed by atoms with Crippen molar-refractivity contribution < 1.29 is 4.74 Å². The van der Waals surface area contributed by atoms with E-state index in [1.165, 1.54) is 12.8 Å². The first-order valence-corrected chi connectivity index (χ1v) is 8.34. The number of aliphatic imine (C=N–C) groups is 1. The highest BCUT2D eigenvalue weighted by Gasteiger charge is 2.18. The fourth-order valence-corrected chi connectivity index (χ4v) is 2.62. The van der Waals surface area contributed by atoms with E-state index >= 15 is 0 Å². The SMILES string of the molecule is CCNC(=NCc1cccnc1OCC)N1CCC(C)CC1. The van der Waals surface area contributed by atoms with E-state index in [0.29, 0.717) is 19.0 Å². The van der Waals surface area contributed by atoms with Gasteiger partial charge in [0.05, 0.1) is 13.2 Å². The molecule has 1 fully saturated rings. The number of pyridine rings is 1. The largest absolute Gasteiger partial charge is 0.478 e. The molecule has 0 spiro atoms. The summed E-state index contributed by atoms with van der Waals surface area (Å²) in [5, 5.41) is 3.40. The number of aromatic nitrogens is 1. The van der Waals surface area contributed by atoms with Crippen molar-refractivity contribution in [3.05, 3.63) is 23.9 Å². The molecule has 1 saturated heterocycles. The Hall–Kier alpha value is -1.78. The first-order valence-electron chi connectivity index (χ1n) is 8.34. The van der Waals surface area contributed by atoms with Crippen LogP contribution < -0.4 is 10.1 Å². The molecule has 5 nitrogen and oxygen atoms in total. The molecule has 2 heterocycles. The van der Waals surface area contributed by atoms with Crippen molar-refractivity contribution in [2.24, 2.45) is 10.9 Å². The lowest BCUT2D eigenvalue weighted by Crippen LogP contribution is -2.45. The summed E-state index contributed by atoms with van der Waals surface area (Å²) in [6.45, 7) is 10.7. The Morgan fingerprint density at radius 1 is 1.41 bits per heavy atom. The van der Waals surface area contributed by atoms with Gasteiger partial charge in [-0.3, -0.25) is 0 Å². The molecule has 0 amide bonds. The van der Waals surface area contributed by atoms with Crippen LogP contribution in [-0.2, 0) is 6.54 Å². The molecule has 1 aliphatic rings. The van der Waals surface area contributed by atoms with Gasteiger partial charge in [0.2, 0.25) is 5.88 Å². The van der Waals surface area contributed by atoms with Gasteiger partial charge < -0.3 is 15.0 Å². The zero-order chi connectivity index (χ0) is 15.8. The monoisotopic (exact) mass is 304 g/mol. The lowest BCUT2D eigenvalue weighted by molar-refractivity contribution is 0.273. The molecule has 0 atom stereocenters. The molecular formula is C17H28N4O. The summed E-state index contributed by atoms with van der Waals surface area (Å²) < 4.78 is 5.57. The van der Waals surface area contributed by atoms with E-state index < -0.39 is 0 Å². The van der Waals surface area contributed by atoms with Crippen LogP contribution in [0.5, 0.6) is 5.88 Å². The van der Waals surface area contributed by atoms with E-state index in [-0.39, 0.29) is 0 Å². The zero-order valence-corrected chi connectivity index (χ0v) is 14.0. The average Bonchev–Trinajstić information content (AvgIpc) is 2.54. The van der Waals surface area contributed by atoms with Crippen LogP contribution in [0.2, 0.25) is 0 Å². The predicted octanol–water partition coefficient (Wildman–Crippen LogP) is 2.68. The Morgan fingerprint density at radius 2 is 2.18 bits per heavy atom. The Kier molecular flexibility index (Phi) is 6.49. The zero-order valence-electron chi connectivity index (χ0n) is 14.0. The molecule has 0 unspecified atom stereocenters. The van der Waals surface area contributed by atoms with Crippen molar-refractivity contribution in [1.82, 2.24) is 15.2 Å². The highest BCUT2D eigenvalue weighted by molar-refractivity contribution is 5.80. The topological polar surface area (TPSA) is 49.8 Å². The molecule has 1 aromatic rings. The third-order valence-electron chi connectivity index (χ3n) is 3.95. The third kappa shape index (κ3) is 4.61. The number of rotatable bonds is 5. The molecule has 22 heavy (non-hydrogen) atoms. The lowest BCUT2D eigenvalue weighted by Gasteiger charge is -2.33. The quantitative estimate of drug-likeness (QED) is 0.671. The van der Waals surface area contributed by atoms with E-state index in [0.717, 1.165) is 37.1 Å². The third-order valence-corrected chi connectivity index (χ3v) is 3.95. The fraction of sp³-hybridized carbons (Fsp3) is 0.647. The first kappa shape index (κ1) is 16.6. The minimum atomic E-state index is 0.595. The summed E-state index contributed by atoms with van der Waals surface area (Å²) in [5.74, 6) is 2.51. The minimum absolute atomic E-state index is 0.595. The van der Waals surface area contributed by atoms with Crippen molar-refractivity contribution in [3.63, 3.8) is 0 Å². The second-order valence-electron chi connectivity index (χ2n) is 5.74. The summed E-state index contributed by atoms with van der Waals surface area (Å²) in [6.07, 6.45) is 4.23. The average molecular weight is 304 g/mol. The number of likely N-dealkylation sites (tertiary alicyclic amines) is 1. The summed E-state index contributed by atoms with van der Waals surface area (Å²) in [4.78, 5) is 11.4. The molecule has 2 rings (SSSR count). The van der Waals surface area contributed by atoms with E-state index in [1.54, 1.807) is 6.20 Å². The van der Waals surface area contributed by atoms with Gasteiger partial charge in [-0.25, -0.2) is 9.98 Å². The molecule has 0 aromatic carbocycles. The molecule has 1 aromatic heterocycles. The van der Waals surface area contributed by atoms with Gasteiger partial charge in [0.25, 0.3) is 0 Å². The molecule has 1 N–H and O–H groups in total. The highest BCUT2D eigenvalue weighted by atomic mass is 16.5. The number of piperidine rings is 1. The first-order chi connectivity index (χ1) is 10.7. The molecule has 122 valence electrons. The van der Waals surface area contributed by atoms with E-state index in [4.69, 9.17) is 9.73 Å². The van der Waals surface area contributed by atoms with Crippen molar-refractivity contribution in [3.8, 4) is 5.88 Å². The fourth-order valence-electron chi connectivity index (χ4n) is 2.62. The standard InChI is InChI=1S/C17H28N4O/c1-4-18-17(21-11-8-14(3)9-12-21)20-13-15-7-6-10-19-16(15)22-5-2/h6-7,10,14H,4-5,8-9,11-13H2,1-3H3,(H,18,20). The number of hydrogen-bond donors (Lipinski definition) is 1. The van der Waals surface area contributed by atoms with Gasteiger partial charge in [0, 0.05) is 31.4 Å². The Morgan fingerprint density at radius 3 is 2.86 bits per heavy atom. The van der Waals surface area contributed by atoms with Crippen LogP contribution >= 0.6 is 0 Å². The van der Waals surface area contributed by atoms with Gasteiger partial charge in [-0.1, -0.05) is 13.0 Å². The van der Waals surface area contributed by atoms with Crippen molar-refractivity contribution in [2.75, 3.05) is 26.2 Å². The number of nitrogens with zero attached hydrogens (tertiary/aromatic N) is 3. The molecule has 0 radical (unpaired) electrons. The van der Waals surface area contributed by atoms with Crippen LogP contribution in [0.4, 0.5) is 0 Å². The number of ether oxygens (including phenoxy) is 1. The highest BCUT2D eigenvalue weighted by Crippen LogP contribution is 2.18. The summed E-state index contributed by atoms with van der Waals surface area (Å²) >= 11 is 0. The second-order valence-corrected chi connectivity index (χ2v) is 5.74. The van der Waals surface area contributed by atoms with E-state index in [1.807, 2.05) is 19.1 Å². The van der Waals surface area contributed by atoms with Gasteiger partial charge in [0.15, 0.2) is 5.96 Å². The van der Waals surface area contributed by atoms with Gasteiger partial charge in [-0.2, -0.15) is 0 Å². The van der Waals surface area contributed by atoms with Crippen molar-refractivity contribution in [2.45, 2.75) is 40.2 Å². The van der Waals surface area contributed by atoms with E-state index in [2.05, 4.69) is 29.0 Å². The van der Waals surface area contributed by atoms with Crippen LogP contribution in [0, 0.1) is 5.92 Å². The number of hydrogen-bond acceptors (Lipinski definition) is 3. The maximum absolute atomic E-state index is 5.57. The number of nitrogens with one attached hydrogen (secondary N) is 1. The Bertz CT molecular complexity index is 481. The summed E-state index contributed by atoms with van der Waals surface area (Å²) in [7, 11) is 0. The van der Waals surface area contributed by atoms with E-state index in [9.17, 15) is 0 Å². The van der Waals surface area contributed by atoms with Crippen LogP contribution in [0.15, 0.2) is 23.3 Å². The second kappa shape index (κ2) is 8.61. The predicted molar refractivity (Wildman–Crippen MR) is 90.2 cm³/mol. The van der Waals surface area contributed by atoms with Gasteiger partial charge in [-0.05, 0) is 38.7 Å². The molecule has 0 aliphatic carbocycles. The van der Waals surface area contributed by atoms with Crippen LogP contribution in [-0.4, -0.2) is 42.1 Å². The molecule has 1 aliphatic heterocycles. The van der Waals surface area contributed by atoms with Crippen LogP contribution in [0.1, 0.15) is 39.2 Å². The van der Waals surface area contributed by atoms with Gasteiger partial charge in [0.1, 0.15) is 0 Å². The molecular weight excluding hydrogens is 276 g/mol. The minimum Gasteiger partial charge on any atom is -0.478 e. The maximum Gasteiger partial charge on any atom is 0.218 e. The van der Waals surface area contributed by atoms with Crippen molar-refractivity contribution >= 4 is 5.96 Å². The van der Waals surface area contributed by atoms with Crippen LogP contribution in [0.25, 0.3) is 0 Å². The summed E-state index contributed by atoms with van der Waals surface area (Å²) in [6, 6.07) is 3.96. The Labute approximate surface area is 133 Å². The Balaban J connectivity index is 2.07. The van der Waals surface area contributed by atoms with Crippen molar-refractivity contribution in [1.29, 1.82) is 0 Å². The van der Waals surface area contributed by atoms with Crippen LogP contribution in [0.3, 0.4) is 0 Å².